The molecule has 0 amide bonds. The summed E-state index contributed by atoms with van der Waals surface area (Å²) in [6.45, 7) is 8.49. The number of carbonyl (C=O) groups excluding carboxylic acids is 2. The summed E-state index contributed by atoms with van der Waals surface area (Å²) in [6, 6.07) is 0. The van der Waals surface area contributed by atoms with Gasteiger partial charge in [-0.15, -0.1) is 0 Å². The lowest BCUT2D eigenvalue weighted by molar-refractivity contribution is -0.157. The maximum Gasteiger partial charge on any atom is 0.345 e. The van der Waals surface area contributed by atoms with E-state index in [0.717, 1.165) is 7.11 Å². The highest BCUT2D eigenvalue weighted by molar-refractivity contribution is 7.55. The zero-order chi connectivity index (χ0) is 16.7. The first kappa shape index (κ1) is 20.1. The minimum absolute atomic E-state index is 0.0824. The Hall–Kier alpha value is -0.910. The molecule has 0 bridgehead atoms. The first-order chi connectivity index (χ1) is 9.59. The second kappa shape index (κ2) is 8.51. The quantitative estimate of drug-likeness (QED) is 0.500. The van der Waals surface area contributed by atoms with Crippen LogP contribution in [0.15, 0.2) is 0 Å². The Morgan fingerprint density at radius 1 is 1.10 bits per heavy atom. The van der Waals surface area contributed by atoms with Crippen molar-refractivity contribution in [3.05, 3.63) is 0 Å². The third kappa shape index (κ3) is 7.07. The number of rotatable bonds is 8. The van der Waals surface area contributed by atoms with Gasteiger partial charge in [0.1, 0.15) is 5.60 Å². The highest BCUT2D eigenvalue weighted by atomic mass is 31.2. The van der Waals surface area contributed by atoms with Crippen molar-refractivity contribution in [2.45, 2.75) is 52.3 Å². The lowest BCUT2D eigenvalue weighted by Gasteiger charge is -2.25. The molecule has 0 radical (unpaired) electrons. The van der Waals surface area contributed by atoms with Crippen LogP contribution in [0.25, 0.3) is 0 Å². The molecule has 1 unspecified atom stereocenters. The minimum Gasteiger partial charge on any atom is -0.468 e. The molecule has 0 aliphatic carbocycles. The number of esters is 2. The van der Waals surface area contributed by atoms with Gasteiger partial charge in [-0.2, -0.15) is 0 Å². The van der Waals surface area contributed by atoms with Gasteiger partial charge in [-0.1, -0.05) is 0 Å². The summed E-state index contributed by atoms with van der Waals surface area (Å²) in [5, 5.41) is 0. The van der Waals surface area contributed by atoms with Crippen molar-refractivity contribution in [1.82, 2.24) is 0 Å². The van der Waals surface area contributed by atoms with E-state index in [0.29, 0.717) is 0 Å². The van der Waals surface area contributed by atoms with Crippen molar-refractivity contribution in [3.63, 3.8) is 0 Å². The summed E-state index contributed by atoms with van der Waals surface area (Å²) < 4.78 is 32.6. The van der Waals surface area contributed by atoms with Crippen molar-refractivity contribution < 1.29 is 32.7 Å². The molecule has 0 aliphatic rings. The van der Waals surface area contributed by atoms with Gasteiger partial charge in [0.25, 0.3) is 0 Å². The Bertz CT molecular complexity index is 390. The maximum atomic E-state index is 12.7. The fraction of sp³-hybridized carbons (Fsp3) is 0.846. The second-order valence-electron chi connectivity index (χ2n) is 5.20. The van der Waals surface area contributed by atoms with Crippen LogP contribution in [0.3, 0.4) is 0 Å². The van der Waals surface area contributed by atoms with Gasteiger partial charge in [-0.25, -0.2) is 0 Å². The van der Waals surface area contributed by atoms with E-state index in [9.17, 15) is 14.2 Å². The van der Waals surface area contributed by atoms with Gasteiger partial charge in [0.15, 0.2) is 5.66 Å². The number of ether oxygens (including phenoxy) is 2. The fourth-order valence-corrected chi connectivity index (χ4v) is 3.47. The van der Waals surface area contributed by atoms with Crippen molar-refractivity contribution in [2.75, 3.05) is 20.3 Å². The molecule has 1 atom stereocenters. The van der Waals surface area contributed by atoms with Crippen LogP contribution in [0.4, 0.5) is 0 Å². The van der Waals surface area contributed by atoms with Crippen LogP contribution in [-0.2, 0) is 32.7 Å². The SMILES string of the molecule is CCOP(=O)(OCC)C(CC(=O)OC(C)(C)C)C(=O)OC. The molecule has 0 rings (SSSR count). The van der Waals surface area contributed by atoms with Crippen LogP contribution in [0.2, 0.25) is 0 Å². The predicted octanol–water partition coefficient (Wildman–Crippen LogP) is 2.53. The van der Waals surface area contributed by atoms with Crippen LogP contribution in [0.5, 0.6) is 0 Å². The maximum absolute atomic E-state index is 12.7. The van der Waals surface area contributed by atoms with Gasteiger partial charge in [0.05, 0.1) is 26.7 Å². The number of carbonyl (C=O) groups is 2. The van der Waals surface area contributed by atoms with E-state index in [4.69, 9.17) is 13.8 Å². The summed E-state index contributed by atoms with van der Waals surface area (Å²) in [7, 11) is -2.65. The van der Waals surface area contributed by atoms with Gasteiger partial charge in [-0.05, 0) is 34.6 Å². The zero-order valence-corrected chi connectivity index (χ0v) is 14.4. The van der Waals surface area contributed by atoms with E-state index < -0.39 is 37.2 Å². The second-order valence-corrected chi connectivity index (χ2v) is 7.42. The first-order valence-electron chi connectivity index (χ1n) is 6.78. The van der Waals surface area contributed by atoms with Gasteiger partial charge >= 0.3 is 19.5 Å². The third-order valence-corrected chi connectivity index (χ3v) is 4.65. The van der Waals surface area contributed by atoms with Crippen LogP contribution < -0.4 is 0 Å². The minimum atomic E-state index is -3.80. The van der Waals surface area contributed by atoms with Gasteiger partial charge < -0.3 is 18.5 Å². The predicted molar refractivity (Wildman–Crippen MR) is 77.1 cm³/mol. The fourth-order valence-electron chi connectivity index (χ4n) is 1.58. The molecule has 7 nitrogen and oxygen atoms in total. The van der Waals surface area contributed by atoms with Crippen LogP contribution in [0, 0.1) is 0 Å². The largest absolute Gasteiger partial charge is 0.468 e. The van der Waals surface area contributed by atoms with E-state index >= 15 is 0 Å². The van der Waals surface area contributed by atoms with E-state index in [1.807, 2.05) is 0 Å². The molecule has 0 saturated heterocycles. The molecule has 0 aromatic heterocycles. The Morgan fingerprint density at radius 2 is 1.57 bits per heavy atom. The monoisotopic (exact) mass is 324 g/mol. The van der Waals surface area contributed by atoms with E-state index in [2.05, 4.69) is 4.74 Å². The smallest absolute Gasteiger partial charge is 0.345 e. The molecule has 0 fully saturated rings. The summed E-state index contributed by atoms with van der Waals surface area (Å²) >= 11 is 0. The Labute approximate surface area is 125 Å². The van der Waals surface area contributed by atoms with E-state index in [1.54, 1.807) is 34.6 Å². The van der Waals surface area contributed by atoms with Crippen molar-refractivity contribution >= 4 is 19.5 Å². The Balaban J connectivity index is 5.23. The van der Waals surface area contributed by atoms with Crippen LogP contribution >= 0.6 is 7.60 Å². The average Bonchev–Trinajstić information content (AvgIpc) is 2.33. The van der Waals surface area contributed by atoms with Gasteiger partial charge in [-0.3, -0.25) is 14.2 Å². The molecule has 8 heteroatoms. The molecule has 124 valence electrons. The molecule has 0 aromatic rings. The Morgan fingerprint density at radius 3 is 1.90 bits per heavy atom. The number of hydrogen-bond donors (Lipinski definition) is 0. The van der Waals surface area contributed by atoms with Crippen molar-refractivity contribution in [2.24, 2.45) is 0 Å². The molecule has 0 aromatic carbocycles. The van der Waals surface area contributed by atoms with Crippen molar-refractivity contribution in [3.8, 4) is 0 Å². The van der Waals surface area contributed by atoms with Gasteiger partial charge in [0, 0.05) is 0 Å². The third-order valence-electron chi connectivity index (χ3n) is 2.25. The number of hydrogen-bond acceptors (Lipinski definition) is 7. The molecule has 0 heterocycles. The zero-order valence-electron chi connectivity index (χ0n) is 13.5. The van der Waals surface area contributed by atoms with E-state index in [1.165, 1.54) is 0 Å². The van der Waals surface area contributed by atoms with E-state index in [-0.39, 0.29) is 13.2 Å². The lowest BCUT2D eigenvalue weighted by atomic mass is 10.2. The lowest BCUT2D eigenvalue weighted by Crippen LogP contribution is -2.31. The summed E-state index contributed by atoms with van der Waals surface area (Å²) in [5.41, 5.74) is -2.05. The number of methoxy groups -OCH3 is 1. The molecule has 0 N–H and O–H groups in total. The van der Waals surface area contributed by atoms with Crippen molar-refractivity contribution in [1.29, 1.82) is 0 Å². The summed E-state index contributed by atoms with van der Waals surface area (Å²) in [4.78, 5) is 23.7. The van der Waals surface area contributed by atoms with Gasteiger partial charge in [0.2, 0.25) is 0 Å². The molecule has 21 heavy (non-hydrogen) atoms. The summed E-state index contributed by atoms with van der Waals surface area (Å²) in [6.07, 6.45) is -0.429. The molecular formula is C13H25O7P. The first-order valence-corrected chi connectivity index (χ1v) is 8.39. The summed E-state index contributed by atoms with van der Waals surface area (Å²) in [5.74, 6) is -1.50. The Kier molecular flexibility index (Phi) is 8.14. The molecule has 0 aliphatic heterocycles. The standard InChI is InChI=1S/C13H25O7P/c1-7-18-21(16,19-8-2)10(12(15)17-6)9-11(14)20-13(3,4)5/h10H,7-9H2,1-6H3. The normalized spacial score (nSPS) is 13.6. The molecule has 0 spiro atoms. The van der Waals surface area contributed by atoms with Crippen LogP contribution in [0.1, 0.15) is 41.0 Å². The highest BCUT2D eigenvalue weighted by Crippen LogP contribution is 2.54. The highest BCUT2D eigenvalue weighted by Gasteiger charge is 2.44. The topological polar surface area (TPSA) is 88.1 Å². The van der Waals surface area contributed by atoms with Crippen LogP contribution in [-0.4, -0.2) is 43.5 Å². The average molecular weight is 324 g/mol. The molecular weight excluding hydrogens is 299 g/mol. The molecule has 0 saturated carbocycles.